The Hall–Kier alpha value is -2.48. The second-order valence-corrected chi connectivity index (χ2v) is 8.05. The van der Waals surface area contributed by atoms with Gasteiger partial charge < -0.3 is 10.1 Å². The summed E-state index contributed by atoms with van der Waals surface area (Å²) < 4.78 is 51.4. The van der Waals surface area contributed by atoms with Gasteiger partial charge in [-0.1, -0.05) is 24.3 Å². The topological polar surface area (TPSA) is 72.5 Å². The number of sulfone groups is 1. The zero-order valence-electron chi connectivity index (χ0n) is 14.3. The molecule has 0 saturated carbocycles. The summed E-state index contributed by atoms with van der Waals surface area (Å²) in [5.74, 6) is -0.466. The van der Waals surface area contributed by atoms with Crippen LogP contribution in [-0.4, -0.2) is 27.2 Å². The van der Waals surface area contributed by atoms with E-state index in [1.54, 1.807) is 37.3 Å². The Balaban J connectivity index is 2.06. The van der Waals surface area contributed by atoms with Crippen molar-refractivity contribution >= 4 is 15.7 Å². The fourth-order valence-electron chi connectivity index (χ4n) is 2.41. The highest BCUT2D eigenvalue weighted by atomic mass is 32.2. The maximum atomic E-state index is 12.4. The van der Waals surface area contributed by atoms with Gasteiger partial charge in [0.1, 0.15) is 5.75 Å². The van der Waals surface area contributed by atoms with Gasteiger partial charge >= 0.3 is 6.61 Å². The number of rotatable bonds is 7. The molecule has 8 heteroatoms. The molecule has 1 atom stereocenters. The average molecular weight is 383 g/mol. The van der Waals surface area contributed by atoms with Crippen molar-refractivity contribution in [2.45, 2.75) is 25.3 Å². The van der Waals surface area contributed by atoms with Gasteiger partial charge in [-0.15, -0.1) is 0 Å². The van der Waals surface area contributed by atoms with Gasteiger partial charge in [0.15, 0.2) is 9.84 Å². The molecule has 0 saturated heterocycles. The summed E-state index contributed by atoms with van der Waals surface area (Å²) in [5.41, 5.74) is 1.59. The van der Waals surface area contributed by atoms with Crippen LogP contribution in [0.15, 0.2) is 48.5 Å². The molecule has 2 rings (SSSR count). The predicted molar refractivity (Wildman–Crippen MR) is 93.9 cm³/mol. The summed E-state index contributed by atoms with van der Waals surface area (Å²) in [6.45, 7) is -1.14. The zero-order chi connectivity index (χ0) is 19.3. The highest BCUT2D eigenvalue weighted by molar-refractivity contribution is 7.89. The Kier molecular flexibility index (Phi) is 6.31. The number of hydrogen-bond acceptors (Lipinski definition) is 4. The van der Waals surface area contributed by atoms with Gasteiger partial charge in [-0.2, -0.15) is 8.78 Å². The number of ether oxygens (including phenoxy) is 1. The fourth-order valence-corrected chi connectivity index (χ4v) is 3.19. The molecule has 140 valence electrons. The molecule has 0 radical (unpaired) electrons. The van der Waals surface area contributed by atoms with E-state index in [1.807, 2.05) is 0 Å². The quantitative estimate of drug-likeness (QED) is 0.796. The lowest BCUT2D eigenvalue weighted by atomic mass is 10.1. The molecule has 5 nitrogen and oxygen atoms in total. The van der Waals surface area contributed by atoms with Crippen molar-refractivity contribution in [1.29, 1.82) is 0 Å². The van der Waals surface area contributed by atoms with Gasteiger partial charge in [-0.25, -0.2) is 8.42 Å². The molecule has 0 aliphatic heterocycles. The Morgan fingerprint density at radius 1 is 1.15 bits per heavy atom. The van der Waals surface area contributed by atoms with E-state index in [0.29, 0.717) is 16.7 Å². The van der Waals surface area contributed by atoms with Crippen molar-refractivity contribution in [2.75, 3.05) is 6.26 Å². The minimum absolute atomic E-state index is 0.0377. The van der Waals surface area contributed by atoms with Gasteiger partial charge in [0.25, 0.3) is 5.91 Å². The van der Waals surface area contributed by atoms with Crippen molar-refractivity contribution in [1.82, 2.24) is 5.32 Å². The Labute approximate surface area is 150 Å². The Morgan fingerprint density at radius 3 is 2.38 bits per heavy atom. The second kappa shape index (κ2) is 8.27. The number of amides is 1. The number of hydrogen-bond donors (Lipinski definition) is 1. The maximum absolute atomic E-state index is 12.4. The van der Waals surface area contributed by atoms with Gasteiger partial charge in [-0.3, -0.25) is 4.79 Å². The van der Waals surface area contributed by atoms with Crippen LogP contribution in [-0.2, 0) is 15.6 Å². The SMILES string of the molecule is CC(NC(=O)c1cccc(CS(C)(=O)=O)c1)c1ccc(OC(F)F)cc1. The zero-order valence-corrected chi connectivity index (χ0v) is 15.1. The summed E-state index contributed by atoms with van der Waals surface area (Å²) in [4.78, 5) is 12.4. The molecule has 0 heterocycles. The van der Waals surface area contributed by atoms with Crippen LogP contribution in [0.1, 0.15) is 34.5 Å². The smallest absolute Gasteiger partial charge is 0.387 e. The summed E-state index contributed by atoms with van der Waals surface area (Å²) in [6, 6.07) is 12.0. The predicted octanol–water partition coefficient (Wildman–Crippen LogP) is 3.32. The highest BCUT2D eigenvalue weighted by Crippen LogP contribution is 2.19. The number of benzene rings is 2. The van der Waals surface area contributed by atoms with Crippen molar-refractivity contribution in [2.24, 2.45) is 0 Å². The molecular weight excluding hydrogens is 364 g/mol. The van der Waals surface area contributed by atoms with Crippen LogP contribution in [0.3, 0.4) is 0 Å². The third kappa shape index (κ3) is 6.11. The van der Waals surface area contributed by atoms with E-state index in [4.69, 9.17) is 0 Å². The van der Waals surface area contributed by atoms with E-state index in [0.717, 1.165) is 6.26 Å². The van der Waals surface area contributed by atoms with Crippen LogP contribution < -0.4 is 10.1 Å². The van der Waals surface area contributed by atoms with Gasteiger partial charge in [0, 0.05) is 11.8 Å². The normalized spacial score (nSPS) is 12.7. The Bertz CT molecular complexity index is 867. The lowest BCUT2D eigenvalue weighted by Gasteiger charge is -2.15. The third-order valence-electron chi connectivity index (χ3n) is 3.57. The highest BCUT2D eigenvalue weighted by Gasteiger charge is 2.13. The first-order valence-corrected chi connectivity index (χ1v) is 9.82. The van der Waals surface area contributed by atoms with Crippen LogP contribution in [0.2, 0.25) is 0 Å². The van der Waals surface area contributed by atoms with Gasteiger partial charge in [-0.05, 0) is 42.3 Å². The molecule has 2 aromatic carbocycles. The molecule has 0 aliphatic carbocycles. The van der Waals surface area contributed by atoms with Gasteiger partial charge in [0.2, 0.25) is 0 Å². The second-order valence-electron chi connectivity index (χ2n) is 5.91. The molecule has 2 aromatic rings. The fraction of sp³-hybridized carbons (Fsp3) is 0.278. The summed E-state index contributed by atoms with van der Waals surface area (Å²) >= 11 is 0. The molecule has 0 aromatic heterocycles. The van der Waals surface area contributed by atoms with Crippen LogP contribution in [0, 0.1) is 0 Å². The van der Waals surface area contributed by atoms with Crippen molar-refractivity contribution in [3.8, 4) is 5.75 Å². The number of carbonyl (C=O) groups is 1. The van der Waals surface area contributed by atoms with E-state index < -0.39 is 16.4 Å². The number of nitrogens with one attached hydrogen (secondary N) is 1. The Morgan fingerprint density at radius 2 is 1.81 bits per heavy atom. The first kappa shape index (κ1) is 19.8. The minimum atomic E-state index is -3.20. The number of halogens is 2. The standard InChI is InChI=1S/C18H19F2NO4S/c1-12(14-6-8-16(9-7-14)25-18(19)20)21-17(22)15-5-3-4-13(10-15)11-26(2,23)24/h3-10,12,18H,11H2,1-2H3,(H,21,22). The van der Waals surface area contributed by atoms with Crippen LogP contribution in [0.4, 0.5) is 8.78 Å². The molecule has 0 bridgehead atoms. The molecule has 1 unspecified atom stereocenters. The molecule has 0 fully saturated rings. The van der Waals surface area contributed by atoms with E-state index in [-0.39, 0.29) is 23.5 Å². The largest absolute Gasteiger partial charge is 0.435 e. The van der Waals surface area contributed by atoms with E-state index >= 15 is 0 Å². The minimum Gasteiger partial charge on any atom is -0.435 e. The first-order chi connectivity index (χ1) is 12.1. The van der Waals surface area contributed by atoms with Crippen molar-refractivity contribution < 1.29 is 26.7 Å². The average Bonchev–Trinajstić information content (AvgIpc) is 2.53. The molecule has 0 spiro atoms. The first-order valence-electron chi connectivity index (χ1n) is 7.76. The molecule has 26 heavy (non-hydrogen) atoms. The van der Waals surface area contributed by atoms with Crippen LogP contribution in [0.5, 0.6) is 5.75 Å². The maximum Gasteiger partial charge on any atom is 0.387 e. The summed E-state index contributed by atoms with van der Waals surface area (Å²) in [5, 5.41) is 2.79. The van der Waals surface area contributed by atoms with E-state index in [9.17, 15) is 22.0 Å². The monoisotopic (exact) mass is 383 g/mol. The number of alkyl halides is 2. The van der Waals surface area contributed by atoms with E-state index in [2.05, 4.69) is 10.1 Å². The van der Waals surface area contributed by atoms with Crippen molar-refractivity contribution in [3.63, 3.8) is 0 Å². The van der Waals surface area contributed by atoms with Crippen LogP contribution in [0.25, 0.3) is 0 Å². The molecule has 1 amide bonds. The number of carbonyl (C=O) groups excluding carboxylic acids is 1. The van der Waals surface area contributed by atoms with Gasteiger partial charge in [0.05, 0.1) is 11.8 Å². The third-order valence-corrected chi connectivity index (χ3v) is 4.43. The lowest BCUT2D eigenvalue weighted by molar-refractivity contribution is -0.0498. The molecule has 1 N–H and O–H groups in total. The molecule has 0 aliphatic rings. The van der Waals surface area contributed by atoms with E-state index in [1.165, 1.54) is 18.2 Å². The molecular formula is C18H19F2NO4S. The lowest BCUT2D eigenvalue weighted by Crippen LogP contribution is -2.26. The summed E-state index contributed by atoms with van der Waals surface area (Å²) in [7, 11) is -3.20. The van der Waals surface area contributed by atoms with Crippen LogP contribution >= 0.6 is 0 Å². The summed E-state index contributed by atoms with van der Waals surface area (Å²) in [6.07, 6.45) is 1.13. The van der Waals surface area contributed by atoms with Crippen molar-refractivity contribution in [3.05, 3.63) is 65.2 Å².